The number of rotatable bonds is 5. The van der Waals surface area contributed by atoms with Crippen LogP contribution in [0.4, 0.5) is 16.2 Å². The Labute approximate surface area is 135 Å². The summed E-state index contributed by atoms with van der Waals surface area (Å²) in [6.45, 7) is 5.35. The van der Waals surface area contributed by atoms with Crippen molar-refractivity contribution >= 4 is 23.2 Å². The third-order valence-electron chi connectivity index (χ3n) is 3.05. The van der Waals surface area contributed by atoms with Crippen molar-refractivity contribution in [2.24, 2.45) is 0 Å². The molecule has 0 aromatic heterocycles. The lowest BCUT2D eigenvalue weighted by molar-refractivity contribution is 0.101. The van der Waals surface area contributed by atoms with Crippen molar-refractivity contribution in [2.75, 3.05) is 10.6 Å². The number of anilines is 2. The maximum Gasteiger partial charge on any atom is 0.323 e. The zero-order valence-corrected chi connectivity index (χ0v) is 13.4. The minimum atomic E-state index is -0.375. The van der Waals surface area contributed by atoms with Gasteiger partial charge in [-0.05, 0) is 57.2 Å². The predicted octanol–water partition coefficient (Wildman–Crippen LogP) is 4.32. The molecule has 0 fully saturated rings. The Kier molecular flexibility index (Phi) is 5.36. The van der Waals surface area contributed by atoms with Crippen LogP contribution in [-0.4, -0.2) is 17.9 Å². The highest BCUT2D eigenvalue weighted by atomic mass is 16.5. The number of para-hydroxylation sites is 2. The molecule has 120 valence electrons. The molecule has 0 spiro atoms. The van der Waals surface area contributed by atoms with Gasteiger partial charge < -0.3 is 15.4 Å². The number of ketones is 1. The number of hydrogen-bond donors (Lipinski definition) is 2. The summed E-state index contributed by atoms with van der Waals surface area (Å²) in [6.07, 6.45) is 0.0140. The van der Waals surface area contributed by atoms with Crippen LogP contribution in [0.3, 0.4) is 0 Å². The highest BCUT2D eigenvalue weighted by molar-refractivity contribution is 6.01. The van der Waals surface area contributed by atoms with Gasteiger partial charge in [-0.2, -0.15) is 0 Å². The maximum absolute atomic E-state index is 12.1. The number of ether oxygens (including phenoxy) is 1. The van der Waals surface area contributed by atoms with Gasteiger partial charge in [0, 0.05) is 11.3 Å². The van der Waals surface area contributed by atoms with Crippen molar-refractivity contribution < 1.29 is 14.3 Å². The van der Waals surface area contributed by atoms with Crippen LogP contribution in [-0.2, 0) is 0 Å². The van der Waals surface area contributed by atoms with Crippen LogP contribution in [0.2, 0.25) is 0 Å². The lowest BCUT2D eigenvalue weighted by Crippen LogP contribution is -2.20. The van der Waals surface area contributed by atoms with E-state index in [-0.39, 0.29) is 17.9 Å². The van der Waals surface area contributed by atoms with E-state index in [0.29, 0.717) is 22.7 Å². The van der Waals surface area contributed by atoms with Crippen LogP contribution >= 0.6 is 0 Å². The Morgan fingerprint density at radius 3 is 2.22 bits per heavy atom. The molecule has 2 rings (SSSR count). The second-order valence-electron chi connectivity index (χ2n) is 5.38. The molecule has 0 aliphatic rings. The van der Waals surface area contributed by atoms with Crippen LogP contribution in [0.25, 0.3) is 0 Å². The predicted molar refractivity (Wildman–Crippen MR) is 91.3 cm³/mol. The van der Waals surface area contributed by atoms with Crippen molar-refractivity contribution in [3.63, 3.8) is 0 Å². The summed E-state index contributed by atoms with van der Waals surface area (Å²) in [5.74, 6) is 0.602. The summed E-state index contributed by atoms with van der Waals surface area (Å²) >= 11 is 0. The fourth-order valence-corrected chi connectivity index (χ4v) is 2.00. The van der Waals surface area contributed by atoms with Gasteiger partial charge in [-0.3, -0.25) is 4.79 Å². The molecule has 5 heteroatoms. The van der Waals surface area contributed by atoms with Gasteiger partial charge in [0.15, 0.2) is 5.78 Å². The van der Waals surface area contributed by atoms with Gasteiger partial charge in [-0.25, -0.2) is 4.79 Å². The molecule has 23 heavy (non-hydrogen) atoms. The van der Waals surface area contributed by atoms with E-state index in [1.54, 1.807) is 36.4 Å². The molecule has 0 aliphatic carbocycles. The summed E-state index contributed by atoms with van der Waals surface area (Å²) in [7, 11) is 0. The summed E-state index contributed by atoms with van der Waals surface area (Å²) in [6, 6.07) is 13.6. The van der Waals surface area contributed by atoms with E-state index in [9.17, 15) is 9.59 Å². The average Bonchev–Trinajstić information content (AvgIpc) is 2.49. The van der Waals surface area contributed by atoms with Gasteiger partial charge in [0.25, 0.3) is 0 Å². The summed E-state index contributed by atoms with van der Waals surface area (Å²) in [5, 5.41) is 5.48. The van der Waals surface area contributed by atoms with Crippen molar-refractivity contribution in [1.29, 1.82) is 0 Å². The van der Waals surface area contributed by atoms with E-state index >= 15 is 0 Å². The van der Waals surface area contributed by atoms with Crippen LogP contribution in [0.1, 0.15) is 31.1 Å². The van der Waals surface area contributed by atoms with Gasteiger partial charge in [0.2, 0.25) is 0 Å². The molecule has 0 unspecified atom stereocenters. The highest BCUT2D eigenvalue weighted by Crippen LogP contribution is 2.25. The molecule has 2 aromatic rings. The number of nitrogens with one attached hydrogen (secondary N) is 2. The van der Waals surface area contributed by atoms with Crippen LogP contribution in [0, 0.1) is 0 Å². The lowest BCUT2D eigenvalue weighted by atomic mass is 10.1. The van der Waals surface area contributed by atoms with E-state index in [4.69, 9.17) is 4.74 Å². The summed E-state index contributed by atoms with van der Waals surface area (Å²) < 4.78 is 5.66. The van der Waals surface area contributed by atoms with Gasteiger partial charge in [-0.1, -0.05) is 12.1 Å². The number of carbonyl (C=O) groups is 2. The first-order chi connectivity index (χ1) is 11.0. The largest absolute Gasteiger partial charge is 0.489 e. The quantitative estimate of drug-likeness (QED) is 0.808. The molecule has 0 radical (unpaired) electrons. The fourth-order valence-electron chi connectivity index (χ4n) is 2.00. The highest BCUT2D eigenvalue weighted by Gasteiger charge is 2.09. The van der Waals surface area contributed by atoms with Gasteiger partial charge >= 0.3 is 6.03 Å². The molecule has 0 atom stereocenters. The molecule has 0 saturated carbocycles. The second-order valence-corrected chi connectivity index (χ2v) is 5.38. The Bertz CT molecular complexity index is 694. The number of hydrogen-bond acceptors (Lipinski definition) is 3. The van der Waals surface area contributed by atoms with E-state index in [1.165, 1.54) is 6.92 Å². The number of urea groups is 1. The van der Waals surface area contributed by atoms with Crippen molar-refractivity contribution in [3.05, 3.63) is 54.1 Å². The summed E-state index contributed by atoms with van der Waals surface area (Å²) in [4.78, 5) is 23.3. The molecule has 2 aromatic carbocycles. The van der Waals surface area contributed by atoms with Crippen LogP contribution in [0.15, 0.2) is 48.5 Å². The molecular weight excluding hydrogens is 292 g/mol. The molecule has 2 amide bonds. The van der Waals surface area contributed by atoms with Crippen molar-refractivity contribution in [3.8, 4) is 5.75 Å². The Balaban J connectivity index is 2.03. The van der Waals surface area contributed by atoms with Crippen LogP contribution < -0.4 is 15.4 Å². The topological polar surface area (TPSA) is 67.4 Å². The standard InChI is InChI=1S/C18H20N2O3/c1-12(2)23-17-7-5-4-6-16(17)20-18(22)19-15-10-8-14(9-11-15)13(3)21/h4-12H,1-3H3,(H2,19,20,22). The molecular formula is C18H20N2O3. The Hall–Kier alpha value is -2.82. The van der Waals surface area contributed by atoms with Gasteiger partial charge in [-0.15, -0.1) is 0 Å². The van der Waals surface area contributed by atoms with E-state index < -0.39 is 0 Å². The average molecular weight is 312 g/mol. The second kappa shape index (κ2) is 7.45. The fraction of sp³-hybridized carbons (Fsp3) is 0.222. The monoisotopic (exact) mass is 312 g/mol. The zero-order valence-electron chi connectivity index (χ0n) is 13.4. The SMILES string of the molecule is CC(=O)c1ccc(NC(=O)Nc2ccccc2OC(C)C)cc1. The third kappa shape index (κ3) is 4.85. The van der Waals surface area contributed by atoms with Crippen LogP contribution in [0.5, 0.6) is 5.75 Å². The lowest BCUT2D eigenvalue weighted by Gasteiger charge is -2.15. The third-order valence-corrected chi connectivity index (χ3v) is 3.05. The van der Waals surface area contributed by atoms with E-state index in [1.807, 2.05) is 26.0 Å². The van der Waals surface area contributed by atoms with Crippen molar-refractivity contribution in [2.45, 2.75) is 26.9 Å². The number of amides is 2. The minimum absolute atomic E-state index is 0.0132. The number of carbonyl (C=O) groups excluding carboxylic acids is 2. The normalized spacial score (nSPS) is 10.3. The first-order valence-electron chi connectivity index (χ1n) is 7.40. The molecule has 5 nitrogen and oxygen atoms in total. The Morgan fingerprint density at radius 2 is 1.61 bits per heavy atom. The maximum atomic E-state index is 12.1. The number of benzene rings is 2. The minimum Gasteiger partial charge on any atom is -0.489 e. The molecule has 2 N–H and O–H groups in total. The first kappa shape index (κ1) is 16.5. The molecule has 0 saturated heterocycles. The molecule has 0 aliphatic heterocycles. The summed E-state index contributed by atoms with van der Waals surface area (Å²) in [5.41, 5.74) is 1.81. The molecule has 0 bridgehead atoms. The van der Waals surface area contributed by atoms with Gasteiger partial charge in [0.05, 0.1) is 11.8 Å². The van der Waals surface area contributed by atoms with E-state index in [2.05, 4.69) is 10.6 Å². The zero-order chi connectivity index (χ0) is 16.8. The van der Waals surface area contributed by atoms with E-state index in [0.717, 1.165) is 0 Å². The first-order valence-corrected chi connectivity index (χ1v) is 7.40. The van der Waals surface area contributed by atoms with Gasteiger partial charge in [0.1, 0.15) is 5.75 Å². The van der Waals surface area contributed by atoms with Crippen molar-refractivity contribution in [1.82, 2.24) is 0 Å². The number of Topliss-reactive ketones (excluding diaryl/α,β-unsaturated/α-hetero) is 1. The Morgan fingerprint density at radius 1 is 0.957 bits per heavy atom. The smallest absolute Gasteiger partial charge is 0.323 e. The molecule has 0 heterocycles.